The van der Waals surface area contributed by atoms with E-state index in [-0.39, 0.29) is 0 Å². The van der Waals surface area contributed by atoms with E-state index >= 15 is 0 Å². The maximum atomic E-state index is 4.26. The highest BCUT2D eigenvalue weighted by atomic mass is 33.1. The Bertz CT molecular complexity index is 208. The Labute approximate surface area is 75.4 Å². The minimum absolute atomic E-state index is 1.10. The second kappa shape index (κ2) is 4.67. The zero-order chi connectivity index (χ0) is 8.10. The molecule has 0 saturated heterocycles. The SMILES string of the molecule is CCSSc1ccc(C)cn1. The van der Waals surface area contributed by atoms with Crippen molar-refractivity contribution >= 4 is 21.6 Å². The summed E-state index contributed by atoms with van der Waals surface area (Å²) in [5.74, 6) is 1.13. The lowest BCUT2D eigenvalue weighted by Gasteiger charge is -1.96. The Morgan fingerprint density at radius 3 is 2.82 bits per heavy atom. The van der Waals surface area contributed by atoms with E-state index in [2.05, 4.69) is 31.0 Å². The molecule has 0 unspecified atom stereocenters. The van der Waals surface area contributed by atoms with Crippen LogP contribution in [0.5, 0.6) is 0 Å². The van der Waals surface area contributed by atoms with Gasteiger partial charge in [-0.1, -0.05) is 23.8 Å². The second-order valence-corrected chi connectivity index (χ2v) is 4.77. The van der Waals surface area contributed by atoms with Gasteiger partial charge in [-0.25, -0.2) is 4.98 Å². The number of hydrogen-bond donors (Lipinski definition) is 0. The molecule has 0 radical (unpaired) electrons. The summed E-state index contributed by atoms with van der Waals surface area (Å²) in [6.07, 6.45) is 1.90. The van der Waals surface area contributed by atoms with Gasteiger partial charge in [-0.05, 0) is 29.3 Å². The Kier molecular flexibility index (Phi) is 3.80. The highest BCUT2D eigenvalue weighted by molar-refractivity contribution is 8.76. The number of pyridine rings is 1. The van der Waals surface area contributed by atoms with Crippen LogP contribution in [0, 0.1) is 6.92 Å². The van der Waals surface area contributed by atoms with Crippen LogP contribution in [0.4, 0.5) is 0 Å². The summed E-state index contributed by atoms with van der Waals surface area (Å²) in [7, 11) is 3.56. The molecular weight excluding hydrogens is 174 g/mol. The van der Waals surface area contributed by atoms with Crippen molar-refractivity contribution in [1.82, 2.24) is 4.98 Å². The van der Waals surface area contributed by atoms with E-state index in [9.17, 15) is 0 Å². The molecule has 1 aromatic heterocycles. The highest BCUT2D eigenvalue weighted by Gasteiger charge is 1.92. The Morgan fingerprint density at radius 1 is 1.45 bits per heavy atom. The summed E-state index contributed by atoms with van der Waals surface area (Å²) in [6, 6.07) is 4.15. The van der Waals surface area contributed by atoms with Crippen molar-refractivity contribution in [2.45, 2.75) is 18.9 Å². The third-order valence-corrected chi connectivity index (χ3v) is 3.49. The number of nitrogens with zero attached hydrogens (tertiary/aromatic N) is 1. The maximum Gasteiger partial charge on any atom is 0.106 e. The molecular formula is C8H11NS2. The van der Waals surface area contributed by atoms with Crippen molar-refractivity contribution in [2.75, 3.05) is 5.75 Å². The molecule has 11 heavy (non-hydrogen) atoms. The van der Waals surface area contributed by atoms with Gasteiger partial charge in [-0.3, -0.25) is 0 Å². The van der Waals surface area contributed by atoms with Gasteiger partial charge in [0, 0.05) is 11.9 Å². The van der Waals surface area contributed by atoms with Crippen LogP contribution >= 0.6 is 21.6 Å². The zero-order valence-electron chi connectivity index (χ0n) is 6.70. The summed E-state index contributed by atoms with van der Waals surface area (Å²) < 4.78 is 0. The summed E-state index contributed by atoms with van der Waals surface area (Å²) in [5, 5.41) is 1.10. The molecule has 0 atom stereocenters. The van der Waals surface area contributed by atoms with Crippen LogP contribution in [0.25, 0.3) is 0 Å². The Morgan fingerprint density at radius 2 is 2.27 bits per heavy atom. The van der Waals surface area contributed by atoms with Crippen LogP contribution in [0.1, 0.15) is 12.5 Å². The molecule has 0 saturated carbocycles. The molecule has 1 heterocycles. The first-order valence-corrected chi connectivity index (χ1v) is 5.87. The topological polar surface area (TPSA) is 12.9 Å². The number of rotatable bonds is 3. The van der Waals surface area contributed by atoms with Gasteiger partial charge in [0.1, 0.15) is 5.03 Å². The molecule has 0 bridgehead atoms. The maximum absolute atomic E-state index is 4.26. The van der Waals surface area contributed by atoms with E-state index in [0.29, 0.717) is 0 Å². The summed E-state index contributed by atoms with van der Waals surface area (Å²) in [5.41, 5.74) is 1.22. The van der Waals surface area contributed by atoms with E-state index < -0.39 is 0 Å². The summed E-state index contributed by atoms with van der Waals surface area (Å²) in [4.78, 5) is 4.26. The molecule has 0 fully saturated rings. The molecule has 60 valence electrons. The smallest absolute Gasteiger partial charge is 0.106 e. The normalized spacial score (nSPS) is 10.0. The van der Waals surface area contributed by atoms with Crippen LogP contribution in [-0.2, 0) is 0 Å². The van der Waals surface area contributed by atoms with Crippen molar-refractivity contribution in [2.24, 2.45) is 0 Å². The molecule has 0 aliphatic rings. The average molecular weight is 185 g/mol. The number of hydrogen-bond acceptors (Lipinski definition) is 3. The minimum Gasteiger partial charge on any atom is -0.249 e. The van der Waals surface area contributed by atoms with Crippen LogP contribution in [0.3, 0.4) is 0 Å². The van der Waals surface area contributed by atoms with E-state index in [4.69, 9.17) is 0 Å². The van der Waals surface area contributed by atoms with Crippen LogP contribution in [0.15, 0.2) is 23.4 Å². The van der Waals surface area contributed by atoms with Gasteiger partial charge < -0.3 is 0 Å². The van der Waals surface area contributed by atoms with E-state index in [1.54, 1.807) is 10.8 Å². The van der Waals surface area contributed by atoms with E-state index in [1.165, 1.54) is 5.56 Å². The lowest BCUT2D eigenvalue weighted by Crippen LogP contribution is -1.77. The lowest BCUT2D eigenvalue weighted by molar-refractivity contribution is 1.12. The Balaban J connectivity index is 2.52. The van der Waals surface area contributed by atoms with E-state index in [1.807, 2.05) is 17.0 Å². The zero-order valence-corrected chi connectivity index (χ0v) is 8.34. The molecule has 0 N–H and O–H groups in total. The standard InChI is InChI=1S/C8H11NS2/c1-3-10-11-8-5-4-7(2)6-9-8/h4-6H,3H2,1-2H3. The molecule has 3 heteroatoms. The molecule has 0 spiro atoms. The molecule has 1 nitrogen and oxygen atoms in total. The fourth-order valence-corrected chi connectivity index (χ4v) is 2.09. The fourth-order valence-electron chi connectivity index (χ4n) is 0.623. The van der Waals surface area contributed by atoms with Gasteiger partial charge in [-0.2, -0.15) is 0 Å². The predicted octanol–water partition coefficient (Wildman–Crippen LogP) is 3.15. The summed E-state index contributed by atoms with van der Waals surface area (Å²) in [6.45, 7) is 4.19. The van der Waals surface area contributed by atoms with Crippen molar-refractivity contribution in [3.8, 4) is 0 Å². The minimum atomic E-state index is 1.10. The van der Waals surface area contributed by atoms with Gasteiger partial charge in [-0.15, -0.1) is 0 Å². The molecule has 0 amide bonds. The first kappa shape index (κ1) is 8.94. The highest BCUT2D eigenvalue weighted by Crippen LogP contribution is 2.28. The molecule has 0 aromatic carbocycles. The average Bonchev–Trinajstić information content (AvgIpc) is 2.04. The molecule has 1 rings (SSSR count). The largest absolute Gasteiger partial charge is 0.249 e. The summed E-state index contributed by atoms with van der Waals surface area (Å²) >= 11 is 0. The van der Waals surface area contributed by atoms with E-state index in [0.717, 1.165) is 10.8 Å². The number of aromatic nitrogens is 1. The first-order valence-electron chi connectivity index (χ1n) is 3.55. The lowest BCUT2D eigenvalue weighted by atomic mass is 10.3. The van der Waals surface area contributed by atoms with Gasteiger partial charge in [0.25, 0.3) is 0 Å². The van der Waals surface area contributed by atoms with Crippen molar-refractivity contribution in [3.63, 3.8) is 0 Å². The third kappa shape index (κ3) is 3.16. The van der Waals surface area contributed by atoms with Gasteiger partial charge >= 0.3 is 0 Å². The second-order valence-electron chi connectivity index (χ2n) is 2.16. The monoisotopic (exact) mass is 185 g/mol. The number of aryl methyl sites for hydroxylation is 1. The third-order valence-electron chi connectivity index (χ3n) is 1.15. The van der Waals surface area contributed by atoms with Crippen LogP contribution in [-0.4, -0.2) is 10.7 Å². The molecule has 0 aliphatic carbocycles. The quantitative estimate of drug-likeness (QED) is 0.671. The molecule has 1 aromatic rings. The molecule has 0 aliphatic heterocycles. The van der Waals surface area contributed by atoms with Crippen molar-refractivity contribution in [1.29, 1.82) is 0 Å². The van der Waals surface area contributed by atoms with Gasteiger partial charge in [0.05, 0.1) is 0 Å². The Hall–Kier alpha value is -0.150. The first-order chi connectivity index (χ1) is 5.33. The van der Waals surface area contributed by atoms with Crippen LogP contribution in [0.2, 0.25) is 0 Å². The van der Waals surface area contributed by atoms with Gasteiger partial charge in [0.15, 0.2) is 0 Å². The van der Waals surface area contributed by atoms with Crippen LogP contribution < -0.4 is 0 Å². The van der Waals surface area contributed by atoms with Crippen molar-refractivity contribution < 1.29 is 0 Å². The van der Waals surface area contributed by atoms with Crippen molar-refractivity contribution in [3.05, 3.63) is 23.9 Å². The van der Waals surface area contributed by atoms with Gasteiger partial charge in [0.2, 0.25) is 0 Å². The predicted molar refractivity (Wildman–Crippen MR) is 53.0 cm³/mol. The fraction of sp³-hybridized carbons (Fsp3) is 0.375.